The quantitative estimate of drug-likeness (QED) is 0.599. The van der Waals surface area contributed by atoms with Gasteiger partial charge in [-0.05, 0) is 6.92 Å². The van der Waals surface area contributed by atoms with Crippen molar-refractivity contribution in [3.63, 3.8) is 0 Å². The van der Waals surface area contributed by atoms with Crippen LogP contribution < -0.4 is 5.32 Å². The van der Waals surface area contributed by atoms with E-state index in [-0.39, 0.29) is 1.43 Å². The molecular formula is C5H8N2O2. The van der Waals surface area contributed by atoms with Gasteiger partial charge in [0.2, 0.25) is 12.3 Å². The van der Waals surface area contributed by atoms with Crippen LogP contribution in [0.4, 0.5) is 5.88 Å². The molecule has 1 heterocycles. The molecule has 0 fully saturated rings. The average molecular weight is 128 g/mol. The number of nitrogens with one attached hydrogen (secondary N) is 1. The Labute approximate surface area is 53.3 Å². The molecule has 1 aromatic rings. The molecule has 9 heavy (non-hydrogen) atoms. The topological polar surface area (TPSA) is 55.1 Å². The first-order chi connectivity index (χ1) is 4.33. The lowest BCUT2D eigenvalue weighted by molar-refractivity contribution is -0.105. The van der Waals surface area contributed by atoms with E-state index in [1.807, 2.05) is 0 Å². The van der Waals surface area contributed by atoms with Gasteiger partial charge in [0.05, 0.1) is 5.69 Å². The normalized spacial score (nSPS) is 9.00. The molecule has 0 saturated heterocycles. The zero-order valence-electron chi connectivity index (χ0n) is 4.92. The summed E-state index contributed by atoms with van der Waals surface area (Å²) in [5, 5.41) is 5.86. The van der Waals surface area contributed by atoms with Crippen LogP contribution in [0.2, 0.25) is 0 Å². The molecule has 1 rings (SSSR count). The van der Waals surface area contributed by atoms with Gasteiger partial charge in [-0.25, -0.2) is 0 Å². The monoisotopic (exact) mass is 128 g/mol. The summed E-state index contributed by atoms with van der Waals surface area (Å²) in [5.41, 5.74) is 0.749. The van der Waals surface area contributed by atoms with E-state index in [1.165, 1.54) is 0 Å². The van der Waals surface area contributed by atoms with Gasteiger partial charge in [-0.3, -0.25) is 10.1 Å². The minimum Gasteiger partial charge on any atom is -0.338 e. The summed E-state index contributed by atoms with van der Waals surface area (Å²) in [4.78, 5) is 9.78. The van der Waals surface area contributed by atoms with Crippen LogP contribution in [0.15, 0.2) is 10.6 Å². The Morgan fingerprint density at radius 2 is 2.78 bits per heavy atom. The number of carbonyl (C=O) groups is 1. The molecule has 1 N–H and O–H groups in total. The Kier molecular flexibility index (Phi) is 1.48. The number of nitrogens with zero attached hydrogens (tertiary/aromatic N) is 1. The smallest absolute Gasteiger partial charge is 0.231 e. The Balaban J connectivity index is 0.000000810. The van der Waals surface area contributed by atoms with E-state index in [0.29, 0.717) is 12.3 Å². The van der Waals surface area contributed by atoms with Crippen molar-refractivity contribution in [3.8, 4) is 0 Å². The maximum Gasteiger partial charge on any atom is 0.231 e. The minimum atomic E-state index is 0. The second kappa shape index (κ2) is 2.30. The molecule has 0 radical (unpaired) electrons. The van der Waals surface area contributed by atoms with Crippen molar-refractivity contribution in [2.45, 2.75) is 6.92 Å². The summed E-state index contributed by atoms with van der Waals surface area (Å²) < 4.78 is 4.61. The Morgan fingerprint density at radius 3 is 3.22 bits per heavy atom. The standard InChI is InChI=1S/C5H6N2O2.H2/c1-4-2-5(6-3-8)9-7-4;/h2-3H,1H3,(H,6,8);1H. The third kappa shape index (κ3) is 1.28. The van der Waals surface area contributed by atoms with Gasteiger partial charge in [-0.15, -0.1) is 0 Å². The first kappa shape index (κ1) is 5.81. The van der Waals surface area contributed by atoms with E-state index in [0.717, 1.165) is 5.69 Å². The van der Waals surface area contributed by atoms with Crippen molar-refractivity contribution in [2.24, 2.45) is 0 Å². The highest BCUT2D eigenvalue weighted by molar-refractivity contribution is 5.67. The molecule has 0 bridgehead atoms. The van der Waals surface area contributed by atoms with Gasteiger partial charge < -0.3 is 4.52 Å². The first-order valence-corrected chi connectivity index (χ1v) is 2.46. The fourth-order valence-corrected chi connectivity index (χ4v) is 0.490. The summed E-state index contributed by atoms with van der Waals surface area (Å²) in [6.07, 6.45) is 0.542. The molecular weight excluding hydrogens is 120 g/mol. The highest BCUT2D eigenvalue weighted by atomic mass is 16.5. The maximum absolute atomic E-state index is 9.78. The van der Waals surface area contributed by atoms with Gasteiger partial charge in [0.1, 0.15) is 0 Å². The third-order valence-electron chi connectivity index (χ3n) is 0.829. The number of aromatic nitrogens is 1. The Hall–Kier alpha value is -1.32. The predicted molar refractivity (Wildman–Crippen MR) is 33.0 cm³/mol. The van der Waals surface area contributed by atoms with Crippen LogP contribution in [0, 0.1) is 6.92 Å². The summed E-state index contributed by atoms with van der Waals surface area (Å²) in [6, 6.07) is 1.63. The van der Waals surface area contributed by atoms with Crippen molar-refractivity contribution < 1.29 is 10.7 Å². The van der Waals surface area contributed by atoms with Gasteiger partial charge in [0.15, 0.2) is 0 Å². The molecule has 0 aromatic carbocycles. The minimum absolute atomic E-state index is 0. The zero-order chi connectivity index (χ0) is 6.69. The number of carbonyl (C=O) groups excluding carboxylic acids is 1. The van der Waals surface area contributed by atoms with Gasteiger partial charge in [0, 0.05) is 7.49 Å². The molecule has 50 valence electrons. The summed E-state index contributed by atoms with van der Waals surface area (Å²) in [7, 11) is 0. The molecule has 0 saturated carbocycles. The lowest BCUT2D eigenvalue weighted by atomic mass is 10.5. The van der Waals surface area contributed by atoms with Crippen molar-refractivity contribution in [2.75, 3.05) is 5.32 Å². The SMILES string of the molecule is Cc1cc(NC=O)on1.[HH]. The molecule has 0 atom stereocenters. The Bertz CT molecular complexity index is 211. The van der Waals surface area contributed by atoms with Gasteiger partial charge in [0.25, 0.3) is 0 Å². The second-order valence-corrected chi connectivity index (χ2v) is 1.59. The lowest BCUT2D eigenvalue weighted by Crippen LogP contribution is -1.89. The van der Waals surface area contributed by atoms with Crippen LogP contribution >= 0.6 is 0 Å². The van der Waals surface area contributed by atoms with Gasteiger partial charge >= 0.3 is 0 Å². The van der Waals surface area contributed by atoms with Crippen LogP contribution in [-0.2, 0) is 4.79 Å². The molecule has 4 heteroatoms. The molecule has 0 unspecified atom stereocenters. The number of aryl methyl sites for hydroxylation is 1. The number of anilines is 1. The van der Waals surface area contributed by atoms with Crippen molar-refractivity contribution in [1.82, 2.24) is 5.16 Å². The molecule has 4 nitrogen and oxygen atoms in total. The van der Waals surface area contributed by atoms with E-state index in [2.05, 4.69) is 15.0 Å². The first-order valence-electron chi connectivity index (χ1n) is 2.46. The number of hydrogen-bond donors (Lipinski definition) is 1. The van der Waals surface area contributed by atoms with Crippen molar-refractivity contribution >= 4 is 12.3 Å². The molecule has 0 aliphatic carbocycles. The lowest BCUT2D eigenvalue weighted by Gasteiger charge is -1.82. The maximum atomic E-state index is 9.78. The molecule has 0 spiro atoms. The molecule has 1 aromatic heterocycles. The van der Waals surface area contributed by atoms with E-state index in [1.54, 1.807) is 13.0 Å². The van der Waals surface area contributed by atoms with E-state index < -0.39 is 0 Å². The van der Waals surface area contributed by atoms with Crippen molar-refractivity contribution in [3.05, 3.63) is 11.8 Å². The molecule has 0 aliphatic heterocycles. The van der Waals surface area contributed by atoms with E-state index in [9.17, 15) is 4.79 Å². The number of rotatable bonds is 2. The van der Waals surface area contributed by atoms with Crippen LogP contribution in [0.3, 0.4) is 0 Å². The predicted octanol–water partition coefficient (Wildman–Crippen LogP) is 0.797. The summed E-state index contributed by atoms with van der Waals surface area (Å²) in [6.45, 7) is 1.78. The number of hydrogen-bond acceptors (Lipinski definition) is 3. The summed E-state index contributed by atoms with van der Waals surface area (Å²) >= 11 is 0. The fourth-order valence-electron chi connectivity index (χ4n) is 0.490. The van der Waals surface area contributed by atoms with Gasteiger partial charge in [-0.1, -0.05) is 5.16 Å². The second-order valence-electron chi connectivity index (χ2n) is 1.59. The van der Waals surface area contributed by atoms with Crippen LogP contribution in [0.1, 0.15) is 7.12 Å². The zero-order valence-corrected chi connectivity index (χ0v) is 4.92. The van der Waals surface area contributed by atoms with Crippen LogP contribution in [0.25, 0.3) is 0 Å². The largest absolute Gasteiger partial charge is 0.338 e. The molecule has 0 aliphatic rings. The van der Waals surface area contributed by atoms with Crippen LogP contribution in [0.5, 0.6) is 0 Å². The van der Waals surface area contributed by atoms with E-state index in [4.69, 9.17) is 0 Å². The van der Waals surface area contributed by atoms with Gasteiger partial charge in [-0.2, -0.15) is 0 Å². The molecule has 1 amide bonds. The highest BCUT2D eigenvalue weighted by Crippen LogP contribution is 2.05. The summed E-state index contributed by atoms with van der Waals surface area (Å²) in [5.74, 6) is 0.377. The van der Waals surface area contributed by atoms with Crippen molar-refractivity contribution in [1.29, 1.82) is 0 Å². The van der Waals surface area contributed by atoms with E-state index >= 15 is 0 Å². The Morgan fingerprint density at radius 1 is 2.00 bits per heavy atom. The number of amides is 1. The van der Waals surface area contributed by atoms with Crippen LogP contribution in [-0.4, -0.2) is 11.6 Å². The fraction of sp³-hybridized carbons (Fsp3) is 0.200. The average Bonchev–Trinajstić information content (AvgIpc) is 2.17. The highest BCUT2D eigenvalue weighted by Gasteiger charge is 1.95. The third-order valence-corrected chi connectivity index (χ3v) is 0.829.